The van der Waals surface area contributed by atoms with Gasteiger partial charge in [-0.25, -0.2) is 0 Å². The summed E-state index contributed by atoms with van der Waals surface area (Å²) in [5, 5.41) is 23.1. The largest absolute Gasteiger partial charge is 0.466 e. The molecule has 384 valence electrons. The number of nitrogens with one attached hydrogen (secondary N) is 1. The second-order valence-electron chi connectivity index (χ2n) is 20.0. The molecule has 6 nitrogen and oxygen atoms in total. The third kappa shape index (κ3) is 51.6. The molecule has 0 radical (unpaired) electrons. The summed E-state index contributed by atoms with van der Waals surface area (Å²) in [6, 6.07) is -0.539. The van der Waals surface area contributed by atoms with E-state index >= 15 is 0 Å². The average Bonchev–Trinajstić information content (AvgIpc) is 3.31. The van der Waals surface area contributed by atoms with Crippen LogP contribution in [0.25, 0.3) is 0 Å². The highest BCUT2D eigenvalue weighted by molar-refractivity contribution is 5.76. The summed E-state index contributed by atoms with van der Waals surface area (Å²) >= 11 is 0. The Hall–Kier alpha value is -1.66. The quantitative estimate of drug-likeness (QED) is 0.0321. The van der Waals surface area contributed by atoms with Crippen LogP contribution in [0, 0.1) is 0 Å². The lowest BCUT2D eigenvalue weighted by molar-refractivity contribution is -0.143. The van der Waals surface area contributed by atoms with E-state index in [-0.39, 0.29) is 18.5 Å². The predicted molar refractivity (Wildman–Crippen MR) is 283 cm³/mol. The maximum absolute atomic E-state index is 12.4. The molecule has 0 rings (SSSR count). The van der Waals surface area contributed by atoms with Crippen molar-refractivity contribution in [3.05, 3.63) is 24.3 Å². The van der Waals surface area contributed by atoms with E-state index in [4.69, 9.17) is 4.74 Å². The Bertz CT molecular complexity index is 1010. The minimum Gasteiger partial charge on any atom is -0.466 e. The molecule has 6 heteroatoms. The van der Waals surface area contributed by atoms with Crippen LogP contribution in [0.5, 0.6) is 0 Å². The van der Waals surface area contributed by atoms with E-state index in [2.05, 4.69) is 43.5 Å². The summed E-state index contributed by atoms with van der Waals surface area (Å²) < 4.78 is 5.46. The number of hydrogen-bond donors (Lipinski definition) is 3. The van der Waals surface area contributed by atoms with Crippen molar-refractivity contribution < 1.29 is 24.5 Å². The zero-order valence-corrected chi connectivity index (χ0v) is 43.7. The fraction of sp³-hybridized carbons (Fsp3) is 0.898. The van der Waals surface area contributed by atoms with Crippen LogP contribution in [0.4, 0.5) is 0 Å². The number of rotatable bonds is 54. The van der Waals surface area contributed by atoms with Crippen LogP contribution >= 0.6 is 0 Å². The van der Waals surface area contributed by atoms with Crippen molar-refractivity contribution in [2.75, 3.05) is 13.2 Å². The van der Waals surface area contributed by atoms with Gasteiger partial charge in [-0.1, -0.05) is 250 Å². The number of aliphatic hydroxyl groups is 2. The van der Waals surface area contributed by atoms with E-state index in [0.717, 1.165) is 44.9 Å². The van der Waals surface area contributed by atoms with Gasteiger partial charge in [0, 0.05) is 12.8 Å². The van der Waals surface area contributed by atoms with Gasteiger partial charge >= 0.3 is 5.97 Å². The van der Waals surface area contributed by atoms with Gasteiger partial charge in [0.2, 0.25) is 5.91 Å². The number of carbonyl (C=O) groups excluding carboxylic acids is 2. The Kier molecular flexibility index (Phi) is 53.5. The van der Waals surface area contributed by atoms with E-state index in [1.807, 2.05) is 0 Å². The van der Waals surface area contributed by atoms with Crippen LogP contribution in [-0.2, 0) is 14.3 Å². The van der Waals surface area contributed by atoms with Crippen LogP contribution in [0.1, 0.15) is 316 Å². The summed E-state index contributed by atoms with van der Waals surface area (Å²) in [5.41, 5.74) is 0. The molecule has 0 fully saturated rings. The first kappa shape index (κ1) is 63.3. The Morgan fingerprint density at radius 3 is 1.12 bits per heavy atom. The second kappa shape index (κ2) is 54.9. The van der Waals surface area contributed by atoms with Gasteiger partial charge in [-0.15, -0.1) is 0 Å². The fourth-order valence-corrected chi connectivity index (χ4v) is 8.98. The molecule has 0 spiro atoms. The molecular weight excluding hydrogens is 803 g/mol. The molecule has 65 heavy (non-hydrogen) atoms. The number of aliphatic hydroxyl groups excluding tert-OH is 2. The maximum Gasteiger partial charge on any atom is 0.305 e. The van der Waals surface area contributed by atoms with Gasteiger partial charge in [-0.3, -0.25) is 9.59 Å². The molecule has 0 aliphatic carbocycles. The lowest BCUT2D eigenvalue weighted by atomic mass is 10.0. The number of allylic oxidation sites excluding steroid dienone is 4. The molecule has 0 heterocycles. The van der Waals surface area contributed by atoms with Crippen LogP contribution < -0.4 is 5.32 Å². The maximum atomic E-state index is 12.4. The van der Waals surface area contributed by atoms with Gasteiger partial charge in [-0.05, 0) is 77.0 Å². The first-order valence-corrected chi connectivity index (χ1v) is 29.1. The second-order valence-corrected chi connectivity index (χ2v) is 20.0. The standard InChI is InChI=1S/C59H113NO5/c1-3-5-7-9-11-13-14-33-37-41-45-49-53-59(64)65-54-50-46-42-38-34-31-29-27-25-23-21-19-17-15-16-18-20-22-24-26-28-30-32-36-40-44-48-52-58(63)60-56(55-61)57(62)51-47-43-39-35-12-10-8-6-4-2/h11,13,15-16,56-57,61-62H,3-10,12,14,17-55H2,1-2H3,(H,60,63)/b13-11-,16-15-. The van der Waals surface area contributed by atoms with E-state index in [1.54, 1.807) is 0 Å². The van der Waals surface area contributed by atoms with Gasteiger partial charge in [0.1, 0.15) is 0 Å². The molecular formula is C59H113NO5. The normalized spacial score (nSPS) is 12.7. The lowest BCUT2D eigenvalue weighted by Crippen LogP contribution is -2.45. The highest BCUT2D eigenvalue weighted by Gasteiger charge is 2.20. The number of unbranched alkanes of at least 4 members (excludes halogenated alkanes) is 39. The summed E-state index contributed by atoms with van der Waals surface area (Å²) in [6.07, 6.45) is 66.2. The van der Waals surface area contributed by atoms with Crippen molar-refractivity contribution in [3.8, 4) is 0 Å². The zero-order valence-electron chi connectivity index (χ0n) is 43.7. The van der Waals surface area contributed by atoms with Crippen LogP contribution in [0.2, 0.25) is 0 Å². The van der Waals surface area contributed by atoms with Gasteiger partial charge in [0.15, 0.2) is 0 Å². The summed E-state index contributed by atoms with van der Waals surface area (Å²) in [4.78, 5) is 24.4. The zero-order chi connectivity index (χ0) is 47.2. The number of amides is 1. The van der Waals surface area contributed by atoms with E-state index in [9.17, 15) is 19.8 Å². The predicted octanol–water partition coefficient (Wildman–Crippen LogP) is 17.9. The van der Waals surface area contributed by atoms with Gasteiger partial charge in [0.25, 0.3) is 0 Å². The van der Waals surface area contributed by atoms with Crippen molar-refractivity contribution in [2.24, 2.45) is 0 Å². The first-order chi connectivity index (χ1) is 32.0. The lowest BCUT2D eigenvalue weighted by Gasteiger charge is -2.22. The number of hydrogen-bond acceptors (Lipinski definition) is 5. The Balaban J connectivity index is 3.36. The molecule has 0 bridgehead atoms. The van der Waals surface area contributed by atoms with E-state index in [1.165, 1.54) is 238 Å². The number of carbonyl (C=O) groups is 2. The highest BCUT2D eigenvalue weighted by atomic mass is 16.5. The number of ether oxygens (including phenoxy) is 1. The summed E-state index contributed by atoms with van der Waals surface area (Å²) in [5.74, 6) is -0.0329. The minimum absolute atomic E-state index is 0.00482. The van der Waals surface area contributed by atoms with Gasteiger partial charge in [0.05, 0.1) is 25.4 Å². The molecule has 1 amide bonds. The highest BCUT2D eigenvalue weighted by Crippen LogP contribution is 2.17. The molecule has 0 aromatic rings. The Morgan fingerprint density at radius 2 is 0.723 bits per heavy atom. The Morgan fingerprint density at radius 1 is 0.415 bits per heavy atom. The first-order valence-electron chi connectivity index (χ1n) is 29.1. The number of esters is 1. The molecule has 0 aliphatic rings. The molecule has 3 N–H and O–H groups in total. The van der Waals surface area contributed by atoms with Gasteiger partial charge in [-0.2, -0.15) is 0 Å². The molecule has 0 aromatic heterocycles. The smallest absolute Gasteiger partial charge is 0.305 e. The topological polar surface area (TPSA) is 95.9 Å². The van der Waals surface area contributed by atoms with E-state index < -0.39 is 12.1 Å². The van der Waals surface area contributed by atoms with Crippen molar-refractivity contribution in [1.82, 2.24) is 5.32 Å². The third-order valence-corrected chi connectivity index (χ3v) is 13.5. The third-order valence-electron chi connectivity index (χ3n) is 13.5. The minimum atomic E-state index is -0.662. The molecule has 0 aliphatic heterocycles. The SMILES string of the molecule is CCCCC/C=C\CCCCCCCC(=O)OCCCCCCCCCCCCCC/C=C\CCCCCCCCCCCCCC(=O)NC(CO)C(O)CCCCCCCCCCC. The average molecular weight is 917 g/mol. The van der Waals surface area contributed by atoms with Crippen LogP contribution in [0.15, 0.2) is 24.3 Å². The summed E-state index contributed by atoms with van der Waals surface area (Å²) in [7, 11) is 0. The molecule has 0 saturated carbocycles. The van der Waals surface area contributed by atoms with Crippen molar-refractivity contribution >= 4 is 11.9 Å². The van der Waals surface area contributed by atoms with Gasteiger partial charge < -0.3 is 20.3 Å². The van der Waals surface area contributed by atoms with Crippen LogP contribution in [0.3, 0.4) is 0 Å². The van der Waals surface area contributed by atoms with Crippen molar-refractivity contribution in [1.29, 1.82) is 0 Å². The van der Waals surface area contributed by atoms with E-state index in [0.29, 0.717) is 25.9 Å². The summed E-state index contributed by atoms with van der Waals surface area (Å²) in [6.45, 7) is 4.91. The Labute approximate surface area is 405 Å². The van der Waals surface area contributed by atoms with Crippen LogP contribution in [-0.4, -0.2) is 47.4 Å². The molecule has 0 aromatic carbocycles. The molecule has 2 atom stereocenters. The molecule has 2 unspecified atom stereocenters. The monoisotopic (exact) mass is 916 g/mol. The van der Waals surface area contributed by atoms with Crippen molar-refractivity contribution in [2.45, 2.75) is 328 Å². The molecule has 0 saturated heterocycles. The van der Waals surface area contributed by atoms with Crippen molar-refractivity contribution in [3.63, 3.8) is 0 Å². The fourth-order valence-electron chi connectivity index (χ4n) is 8.98.